The van der Waals surface area contributed by atoms with Crippen molar-refractivity contribution in [3.05, 3.63) is 0 Å². The van der Waals surface area contributed by atoms with Crippen molar-refractivity contribution in [3.8, 4) is 0 Å². The molecule has 0 bridgehead atoms. The number of ether oxygens (including phenoxy) is 2. The van der Waals surface area contributed by atoms with Gasteiger partial charge in [0.2, 0.25) is 0 Å². The second-order valence-electron chi connectivity index (χ2n) is 4.15. The second kappa shape index (κ2) is 5.85. The molecule has 4 nitrogen and oxygen atoms in total. The normalized spacial score (nSPS) is 15.5. The molecule has 0 N–H and O–H groups in total. The topological polar surface area (TPSA) is 52.6 Å². The van der Waals surface area contributed by atoms with Crippen LogP contribution in [0.4, 0.5) is 0 Å². The van der Waals surface area contributed by atoms with E-state index in [9.17, 15) is 9.59 Å². The molecule has 0 amide bonds. The van der Waals surface area contributed by atoms with Gasteiger partial charge in [0, 0.05) is 0 Å². The average molecular weight is 216 g/mol. The molecular formula is C11H20O4. The maximum Gasteiger partial charge on any atom is 0.335 e. The molecule has 0 spiro atoms. The number of carbonyl (C=O) groups excluding carboxylic acids is 2. The molecule has 0 aliphatic carbocycles. The second-order valence-corrected chi connectivity index (χ2v) is 4.15. The lowest BCUT2D eigenvalue weighted by atomic mass is 10.1. The highest BCUT2D eigenvalue weighted by atomic mass is 16.6. The van der Waals surface area contributed by atoms with Gasteiger partial charge in [-0.05, 0) is 34.1 Å². The van der Waals surface area contributed by atoms with E-state index < -0.39 is 18.2 Å². The first-order valence-corrected chi connectivity index (χ1v) is 5.16. The summed E-state index contributed by atoms with van der Waals surface area (Å²) < 4.78 is 10.3. The van der Waals surface area contributed by atoms with E-state index >= 15 is 0 Å². The van der Waals surface area contributed by atoms with Crippen LogP contribution in [0.2, 0.25) is 0 Å². The summed E-state index contributed by atoms with van der Waals surface area (Å²) in [7, 11) is 0. The van der Waals surface area contributed by atoms with Gasteiger partial charge in [-0.3, -0.25) is 4.79 Å². The fourth-order valence-corrected chi connectivity index (χ4v) is 0.917. The van der Waals surface area contributed by atoms with Crippen LogP contribution >= 0.6 is 0 Å². The molecule has 0 heterocycles. The van der Waals surface area contributed by atoms with E-state index in [0.29, 0.717) is 6.29 Å². The highest BCUT2D eigenvalue weighted by molar-refractivity contribution is 5.76. The smallest absolute Gasteiger partial charge is 0.335 e. The van der Waals surface area contributed by atoms with Crippen molar-refractivity contribution in [3.63, 3.8) is 0 Å². The number of carbonyl (C=O) groups is 2. The summed E-state index contributed by atoms with van der Waals surface area (Å²) in [5.74, 6) is -0.504. The minimum Gasteiger partial charge on any atom is -0.453 e. The Morgan fingerprint density at radius 2 is 1.93 bits per heavy atom. The molecule has 0 aromatic rings. The quantitative estimate of drug-likeness (QED) is 0.501. The van der Waals surface area contributed by atoms with E-state index in [1.165, 1.54) is 6.92 Å². The van der Waals surface area contributed by atoms with E-state index in [0.717, 1.165) is 6.42 Å². The molecule has 0 aromatic heterocycles. The third-order valence-electron chi connectivity index (χ3n) is 2.17. The monoisotopic (exact) mass is 216 g/mol. The predicted octanol–water partition coefficient (Wildman–Crippen LogP) is 1.71. The van der Waals surface area contributed by atoms with Gasteiger partial charge in [-0.1, -0.05) is 6.92 Å². The van der Waals surface area contributed by atoms with Gasteiger partial charge in [-0.2, -0.15) is 0 Å². The minimum absolute atomic E-state index is 0.358. The lowest BCUT2D eigenvalue weighted by molar-refractivity contribution is -0.171. The van der Waals surface area contributed by atoms with Crippen LogP contribution in [0, 0.1) is 0 Å². The van der Waals surface area contributed by atoms with Crippen LogP contribution in [0.5, 0.6) is 0 Å². The van der Waals surface area contributed by atoms with Crippen LogP contribution in [0.25, 0.3) is 0 Å². The van der Waals surface area contributed by atoms with Crippen LogP contribution in [0.3, 0.4) is 0 Å². The van der Waals surface area contributed by atoms with E-state index in [4.69, 9.17) is 9.47 Å². The lowest BCUT2D eigenvalue weighted by Gasteiger charge is -2.27. The van der Waals surface area contributed by atoms with Gasteiger partial charge in [-0.25, -0.2) is 4.79 Å². The Labute approximate surface area is 90.9 Å². The zero-order valence-corrected chi connectivity index (χ0v) is 10.1. The third-order valence-corrected chi connectivity index (χ3v) is 2.17. The van der Waals surface area contributed by atoms with Gasteiger partial charge in [0.15, 0.2) is 18.5 Å². The SMILES string of the molecule is CCC(C)(C)O[C@H](C)C(=O)O[C@@H](C)C=O. The predicted molar refractivity (Wildman–Crippen MR) is 56.5 cm³/mol. The van der Waals surface area contributed by atoms with E-state index in [2.05, 4.69) is 0 Å². The van der Waals surface area contributed by atoms with Gasteiger partial charge < -0.3 is 9.47 Å². The highest BCUT2D eigenvalue weighted by Gasteiger charge is 2.25. The Balaban J connectivity index is 4.15. The fourth-order valence-electron chi connectivity index (χ4n) is 0.917. The summed E-state index contributed by atoms with van der Waals surface area (Å²) in [4.78, 5) is 21.7. The summed E-state index contributed by atoms with van der Waals surface area (Å²) in [6.45, 7) is 8.92. The molecule has 0 aliphatic rings. The van der Waals surface area contributed by atoms with Crippen molar-refractivity contribution in [1.29, 1.82) is 0 Å². The van der Waals surface area contributed by atoms with E-state index in [1.54, 1.807) is 6.92 Å². The van der Waals surface area contributed by atoms with Gasteiger partial charge in [0.05, 0.1) is 5.60 Å². The Kier molecular flexibility index (Phi) is 5.50. The summed E-state index contributed by atoms with van der Waals surface area (Å²) in [6.07, 6.45) is 0.0133. The summed E-state index contributed by atoms with van der Waals surface area (Å²) in [6, 6.07) is 0. The number of hydrogen-bond acceptors (Lipinski definition) is 4. The molecular weight excluding hydrogens is 196 g/mol. The lowest BCUT2D eigenvalue weighted by Crippen LogP contribution is -2.35. The highest BCUT2D eigenvalue weighted by Crippen LogP contribution is 2.16. The van der Waals surface area contributed by atoms with Gasteiger partial charge in [0.1, 0.15) is 0 Å². The zero-order chi connectivity index (χ0) is 12.1. The molecule has 0 aromatic carbocycles. The Bertz CT molecular complexity index is 223. The molecule has 0 radical (unpaired) electrons. The number of rotatable bonds is 6. The van der Waals surface area contributed by atoms with Crippen molar-refractivity contribution in [1.82, 2.24) is 0 Å². The molecule has 0 rings (SSSR count). The molecule has 2 atom stereocenters. The van der Waals surface area contributed by atoms with Crippen molar-refractivity contribution in [2.75, 3.05) is 0 Å². The summed E-state index contributed by atoms with van der Waals surface area (Å²) >= 11 is 0. The standard InChI is InChI=1S/C11H20O4/c1-6-11(4,5)15-9(3)10(13)14-8(2)7-12/h7-9H,6H2,1-5H3/t8-,9+/m0/s1. The van der Waals surface area contributed by atoms with Gasteiger partial charge in [0.25, 0.3) is 0 Å². The molecule has 0 unspecified atom stereocenters. The van der Waals surface area contributed by atoms with Crippen LogP contribution in [-0.4, -0.2) is 30.1 Å². The molecule has 0 saturated carbocycles. The van der Waals surface area contributed by atoms with Gasteiger partial charge >= 0.3 is 5.97 Å². The van der Waals surface area contributed by atoms with Crippen LogP contribution < -0.4 is 0 Å². The Morgan fingerprint density at radius 1 is 1.40 bits per heavy atom. The first-order chi connectivity index (χ1) is 6.82. The summed E-state index contributed by atoms with van der Waals surface area (Å²) in [5.41, 5.74) is -0.358. The maximum atomic E-state index is 11.4. The summed E-state index contributed by atoms with van der Waals surface area (Å²) in [5, 5.41) is 0. The molecule has 0 aliphatic heterocycles. The van der Waals surface area contributed by atoms with Crippen LogP contribution in [0.1, 0.15) is 41.0 Å². The van der Waals surface area contributed by atoms with Crippen molar-refractivity contribution in [2.45, 2.75) is 58.8 Å². The number of hydrogen-bond donors (Lipinski definition) is 0. The molecule has 0 saturated heterocycles. The largest absolute Gasteiger partial charge is 0.453 e. The molecule has 4 heteroatoms. The zero-order valence-electron chi connectivity index (χ0n) is 10.1. The van der Waals surface area contributed by atoms with Crippen molar-refractivity contribution in [2.24, 2.45) is 0 Å². The van der Waals surface area contributed by atoms with E-state index in [1.807, 2.05) is 20.8 Å². The fraction of sp³-hybridized carbons (Fsp3) is 0.818. The molecule has 88 valence electrons. The first kappa shape index (κ1) is 14.1. The van der Waals surface area contributed by atoms with Crippen LogP contribution in [-0.2, 0) is 19.1 Å². The molecule has 0 fully saturated rings. The first-order valence-electron chi connectivity index (χ1n) is 5.16. The average Bonchev–Trinajstić information content (AvgIpc) is 2.16. The maximum absolute atomic E-state index is 11.4. The Morgan fingerprint density at radius 3 is 2.33 bits per heavy atom. The Hall–Kier alpha value is -0.900. The number of aldehydes is 1. The minimum atomic E-state index is -0.715. The van der Waals surface area contributed by atoms with Crippen molar-refractivity contribution < 1.29 is 19.1 Å². The van der Waals surface area contributed by atoms with Crippen LogP contribution in [0.15, 0.2) is 0 Å². The third kappa shape index (κ3) is 5.52. The van der Waals surface area contributed by atoms with Gasteiger partial charge in [-0.15, -0.1) is 0 Å². The van der Waals surface area contributed by atoms with Crippen molar-refractivity contribution >= 4 is 12.3 Å². The molecule has 15 heavy (non-hydrogen) atoms. The number of esters is 1. The van der Waals surface area contributed by atoms with E-state index in [-0.39, 0.29) is 5.60 Å².